The molecule has 0 aliphatic carbocycles. The lowest BCUT2D eigenvalue weighted by Gasteiger charge is -2.38. The number of carbonyl (C=O) groups is 2. The van der Waals surface area contributed by atoms with Crippen LogP contribution in [0, 0.1) is 0 Å². The highest BCUT2D eigenvalue weighted by atomic mass is 16.5. The summed E-state index contributed by atoms with van der Waals surface area (Å²) in [6, 6.07) is 15.0. The summed E-state index contributed by atoms with van der Waals surface area (Å²) in [5, 5.41) is 5.74. The fraction of sp³-hybridized carbons (Fsp3) is 0.400. The number of ether oxygens (including phenoxy) is 1. The number of hydrogen-bond acceptors (Lipinski definition) is 6. The van der Waals surface area contributed by atoms with Crippen molar-refractivity contribution in [2.24, 2.45) is 4.99 Å². The molecule has 8 nitrogen and oxygen atoms in total. The van der Waals surface area contributed by atoms with E-state index in [9.17, 15) is 9.59 Å². The van der Waals surface area contributed by atoms with Gasteiger partial charge in [0.25, 0.3) is 0 Å². The van der Waals surface area contributed by atoms with E-state index in [1.165, 1.54) is 5.56 Å². The standard InChI is InChI=1S/C25H31N5O3/c1-17(2)18-4-6-19(7-5-18)26-24(32)22-16-23(31)28-25(27-22)30-14-12-29(13-15-30)20-8-10-21(33-3)11-9-20/h4-11,17,22H,12-16H2,1-3H3,(H,26,32)(H,27,28,31). The van der Waals surface area contributed by atoms with Crippen molar-refractivity contribution < 1.29 is 14.3 Å². The number of hydrogen-bond donors (Lipinski definition) is 2. The number of methoxy groups -OCH3 is 1. The molecule has 4 rings (SSSR count). The van der Waals surface area contributed by atoms with Crippen LogP contribution in [0.3, 0.4) is 0 Å². The number of benzene rings is 2. The predicted octanol–water partition coefficient (Wildman–Crippen LogP) is 2.82. The third-order valence-corrected chi connectivity index (χ3v) is 6.07. The first-order chi connectivity index (χ1) is 15.9. The molecule has 1 saturated heterocycles. The van der Waals surface area contributed by atoms with E-state index in [0.29, 0.717) is 30.7 Å². The Morgan fingerprint density at radius 1 is 1.03 bits per heavy atom. The lowest BCUT2D eigenvalue weighted by molar-refractivity contribution is -0.125. The number of nitrogens with one attached hydrogen (secondary N) is 2. The summed E-state index contributed by atoms with van der Waals surface area (Å²) in [5.41, 5.74) is 3.05. The summed E-state index contributed by atoms with van der Waals surface area (Å²) in [6.07, 6.45) is 0.0468. The molecule has 2 aromatic carbocycles. The molecular weight excluding hydrogens is 418 g/mol. The molecule has 2 N–H and O–H groups in total. The van der Waals surface area contributed by atoms with Crippen LogP contribution in [0.25, 0.3) is 0 Å². The zero-order valence-corrected chi connectivity index (χ0v) is 19.4. The van der Waals surface area contributed by atoms with Crippen molar-refractivity contribution in [2.75, 3.05) is 43.5 Å². The minimum absolute atomic E-state index is 0.0468. The highest BCUT2D eigenvalue weighted by Crippen LogP contribution is 2.21. The molecule has 0 saturated carbocycles. The molecule has 0 bridgehead atoms. The summed E-state index contributed by atoms with van der Waals surface area (Å²) < 4.78 is 5.23. The normalized spacial score (nSPS) is 18.6. The number of carbonyl (C=O) groups excluding carboxylic acids is 2. The molecule has 33 heavy (non-hydrogen) atoms. The van der Waals surface area contributed by atoms with Gasteiger partial charge in [-0.2, -0.15) is 0 Å². The van der Waals surface area contributed by atoms with E-state index >= 15 is 0 Å². The van der Waals surface area contributed by atoms with E-state index in [4.69, 9.17) is 4.74 Å². The van der Waals surface area contributed by atoms with Gasteiger partial charge in [0.2, 0.25) is 17.8 Å². The second-order valence-corrected chi connectivity index (χ2v) is 8.66. The second kappa shape index (κ2) is 9.94. The molecule has 2 heterocycles. The Hall–Kier alpha value is -3.55. The maximum atomic E-state index is 12.8. The van der Waals surface area contributed by atoms with Crippen molar-refractivity contribution in [1.29, 1.82) is 0 Å². The lowest BCUT2D eigenvalue weighted by Crippen LogP contribution is -2.56. The molecule has 174 valence electrons. The minimum Gasteiger partial charge on any atom is -0.497 e. The Morgan fingerprint density at radius 3 is 2.27 bits per heavy atom. The van der Waals surface area contributed by atoms with Gasteiger partial charge in [0, 0.05) is 37.6 Å². The molecule has 1 unspecified atom stereocenters. The first kappa shape index (κ1) is 22.6. The van der Waals surface area contributed by atoms with Crippen molar-refractivity contribution in [3.05, 3.63) is 54.1 Å². The largest absolute Gasteiger partial charge is 0.497 e. The van der Waals surface area contributed by atoms with Gasteiger partial charge < -0.3 is 19.9 Å². The van der Waals surface area contributed by atoms with E-state index < -0.39 is 6.04 Å². The van der Waals surface area contributed by atoms with Gasteiger partial charge in [-0.05, 0) is 47.9 Å². The topological polar surface area (TPSA) is 86.3 Å². The van der Waals surface area contributed by atoms with Crippen LogP contribution in [0.5, 0.6) is 5.75 Å². The van der Waals surface area contributed by atoms with Gasteiger partial charge in [-0.3, -0.25) is 14.9 Å². The van der Waals surface area contributed by atoms with Crippen LogP contribution in [0.2, 0.25) is 0 Å². The van der Waals surface area contributed by atoms with Gasteiger partial charge in [0.1, 0.15) is 11.8 Å². The number of rotatable bonds is 5. The van der Waals surface area contributed by atoms with Gasteiger partial charge in [0.05, 0.1) is 13.5 Å². The number of aliphatic imine (C=N–C) groups is 1. The van der Waals surface area contributed by atoms with Crippen molar-refractivity contribution in [3.63, 3.8) is 0 Å². The SMILES string of the molecule is COc1ccc(N2CCN(C3=NC(C(=O)Nc4ccc(C(C)C)cc4)CC(=O)N3)CC2)cc1. The van der Waals surface area contributed by atoms with E-state index in [1.807, 2.05) is 53.4 Å². The monoisotopic (exact) mass is 449 g/mol. The molecule has 2 amide bonds. The van der Waals surface area contributed by atoms with Gasteiger partial charge in [0.15, 0.2) is 0 Å². The first-order valence-corrected chi connectivity index (χ1v) is 11.4. The number of anilines is 2. The molecule has 2 aromatic rings. The number of nitrogens with zero attached hydrogens (tertiary/aromatic N) is 3. The summed E-state index contributed by atoms with van der Waals surface area (Å²) in [5.74, 6) is 1.28. The van der Waals surface area contributed by atoms with Gasteiger partial charge in [-0.1, -0.05) is 26.0 Å². The molecule has 8 heteroatoms. The summed E-state index contributed by atoms with van der Waals surface area (Å²) in [7, 11) is 1.66. The Balaban J connectivity index is 1.38. The number of amides is 2. The quantitative estimate of drug-likeness (QED) is 0.733. The average Bonchev–Trinajstić information content (AvgIpc) is 2.84. The third kappa shape index (κ3) is 5.45. The third-order valence-electron chi connectivity index (χ3n) is 6.07. The fourth-order valence-corrected chi connectivity index (χ4v) is 4.04. The number of piperazine rings is 1. The van der Waals surface area contributed by atoms with Crippen LogP contribution < -0.4 is 20.3 Å². The van der Waals surface area contributed by atoms with E-state index in [2.05, 4.69) is 34.4 Å². The maximum absolute atomic E-state index is 12.8. The van der Waals surface area contributed by atoms with Gasteiger partial charge in [-0.15, -0.1) is 0 Å². The van der Waals surface area contributed by atoms with Crippen LogP contribution in [0.15, 0.2) is 53.5 Å². The summed E-state index contributed by atoms with van der Waals surface area (Å²) >= 11 is 0. The van der Waals surface area contributed by atoms with Crippen molar-refractivity contribution in [2.45, 2.75) is 32.2 Å². The Labute approximate surface area is 194 Å². The molecule has 2 aliphatic heterocycles. The van der Waals surface area contributed by atoms with Crippen LogP contribution >= 0.6 is 0 Å². The fourth-order valence-electron chi connectivity index (χ4n) is 4.04. The maximum Gasteiger partial charge on any atom is 0.249 e. The van der Waals surface area contributed by atoms with E-state index in [0.717, 1.165) is 24.5 Å². The van der Waals surface area contributed by atoms with Crippen LogP contribution in [-0.4, -0.2) is 62.0 Å². The summed E-state index contributed by atoms with van der Waals surface area (Å²) in [4.78, 5) is 34.0. The predicted molar refractivity (Wildman–Crippen MR) is 130 cm³/mol. The first-order valence-electron chi connectivity index (χ1n) is 11.4. The Morgan fingerprint density at radius 2 is 1.67 bits per heavy atom. The lowest BCUT2D eigenvalue weighted by atomic mass is 10.0. The van der Waals surface area contributed by atoms with Crippen molar-refractivity contribution in [3.8, 4) is 5.75 Å². The summed E-state index contributed by atoms with van der Waals surface area (Å²) in [6.45, 7) is 7.25. The zero-order valence-electron chi connectivity index (χ0n) is 19.4. The average molecular weight is 450 g/mol. The van der Waals surface area contributed by atoms with Crippen molar-refractivity contribution in [1.82, 2.24) is 10.2 Å². The van der Waals surface area contributed by atoms with E-state index in [1.54, 1.807) is 7.11 Å². The highest BCUT2D eigenvalue weighted by Gasteiger charge is 2.30. The van der Waals surface area contributed by atoms with Crippen LogP contribution in [0.4, 0.5) is 11.4 Å². The smallest absolute Gasteiger partial charge is 0.249 e. The minimum atomic E-state index is -0.738. The molecule has 0 aromatic heterocycles. The van der Waals surface area contributed by atoms with Crippen molar-refractivity contribution >= 4 is 29.1 Å². The second-order valence-electron chi connectivity index (χ2n) is 8.66. The molecule has 2 aliphatic rings. The Bertz CT molecular complexity index is 1010. The van der Waals surface area contributed by atoms with E-state index in [-0.39, 0.29) is 18.2 Å². The zero-order chi connectivity index (χ0) is 23.4. The molecular formula is C25H31N5O3. The molecule has 0 spiro atoms. The van der Waals surface area contributed by atoms with Gasteiger partial charge >= 0.3 is 0 Å². The molecule has 1 atom stereocenters. The number of guanidine groups is 1. The molecule has 0 radical (unpaired) electrons. The van der Waals surface area contributed by atoms with Crippen LogP contribution in [-0.2, 0) is 9.59 Å². The van der Waals surface area contributed by atoms with Crippen LogP contribution in [0.1, 0.15) is 31.7 Å². The highest BCUT2D eigenvalue weighted by molar-refractivity contribution is 6.06. The Kier molecular flexibility index (Phi) is 6.82. The van der Waals surface area contributed by atoms with Gasteiger partial charge in [-0.25, -0.2) is 4.99 Å². The molecule has 1 fully saturated rings.